The van der Waals surface area contributed by atoms with Crippen molar-refractivity contribution in [1.82, 2.24) is 9.80 Å². The van der Waals surface area contributed by atoms with Gasteiger partial charge in [-0.05, 0) is 30.9 Å². The van der Waals surface area contributed by atoms with Gasteiger partial charge in [0.1, 0.15) is 0 Å². The van der Waals surface area contributed by atoms with Gasteiger partial charge in [0.25, 0.3) is 0 Å². The van der Waals surface area contributed by atoms with Gasteiger partial charge in [-0.2, -0.15) is 0 Å². The first-order valence-electron chi connectivity index (χ1n) is 8.69. The van der Waals surface area contributed by atoms with E-state index in [0.717, 1.165) is 29.7 Å². The SMILES string of the molecule is CCOC(=O)N1CCN(C(=O)Nc2c(CC)cccc2CC)CC1. The highest BCUT2D eigenvalue weighted by Crippen LogP contribution is 2.23. The number of nitrogens with one attached hydrogen (secondary N) is 1. The highest BCUT2D eigenvalue weighted by atomic mass is 16.6. The highest BCUT2D eigenvalue weighted by Gasteiger charge is 2.25. The fourth-order valence-corrected chi connectivity index (χ4v) is 2.90. The van der Waals surface area contributed by atoms with E-state index in [1.165, 1.54) is 0 Å². The highest BCUT2D eigenvalue weighted by molar-refractivity contribution is 5.91. The minimum atomic E-state index is -0.304. The molecule has 132 valence electrons. The van der Waals surface area contributed by atoms with Gasteiger partial charge in [0, 0.05) is 31.9 Å². The van der Waals surface area contributed by atoms with Crippen LogP contribution in [0, 0.1) is 0 Å². The molecule has 3 amide bonds. The van der Waals surface area contributed by atoms with Crippen molar-refractivity contribution in [3.05, 3.63) is 29.3 Å². The van der Waals surface area contributed by atoms with Gasteiger partial charge in [-0.15, -0.1) is 0 Å². The standard InChI is InChI=1S/C18H27N3O3/c1-4-14-8-7-9-15(5-2)16(14)19-17(22)20-10-12-21(13-11-20)18(23)24-6-3/h7-9H,4-6,10-13H2,1-3H3,(H,19,22). The summed E-state index contributed by atoms with van der Waals surface area (Å²) >= 11 is 0. The second kappa shape index (κ2) is 8.57. The number of nitrogens with zero attached hydrogens (tertiary/aromatic N) is 2. The monoisotopic (exact) mass is 333 g/mol. The van der Waals surface area contributed by atoms with Crippen molar-refractivity contribution in [1.29, 1.82) is 0 Å². The summed E-state index contributed by atoms with van der Waals surface area (Å²) in [6.45, 7) is 8.36. The van der Waals surface area contributed by atoms with Crippen LogP contribution in [0.25, 0.3) is 0 Å². The number of rotatable bonds is 4. The zero-order valence-corrected chi connectivity index (χ0v) is 14.8. The zero-order valence-electron chi connectivity index (χ0n) is 14.8. The lowest BCUT2D eigenvalue weighted by Gasteiger charge is -2.34. The molecule has 0 spiro atoms. The Morgan fingerprint density at radius 3 is 2.04 bits per heavy atom. The van der Waals surface area contributed by atoms with E-state index < -0.39 is 0 Å². The summed E-state index contributed by atoms with van der Waals surface area (Å²) in [5, 5.41) is 3.07. The molecular weight excluding hydrogens is 306 g/mol. The second-order valence-corrected chi connectivity index (χ2v) is 5.76. The molecular formula is C18H27N3O3. The van der Waals surface area contributed by atoms with Crippen molar-refractivity contribution >= 4 is 17.8 Å². The van der Waals surface area contributed by atoms with Crippen molar-refractivity contribution in [2.24, 2.45) is 0 Å². The molecule has 0 saturated carbocycles. The predicted molar refractivity (Wildman–Crippen MR) is 94.4 cm³/mol. The third-order valence-electron chi connectivity index (χ3n) is 4.32. The Morgan fingerprint density at radius 2 is 1.54 bits per heavy atom. The number of anilines is 1. The van der Waals surface area contributed by atoms with Crippen LogP contribution in [0.5, 0.6) is 0 Å². The molecule has 0 atom stereocenters. The molecule has 1 saturated heterocycles. The van der Waals surface area contributed by atoms with Gasteiger partial charge in [-0.25, -0.2) is 9.59 Å². The average Bonchev–Trinajstić information content (AvgIpc) is 2.62. The topological polar surface area (TPSA) is 61.9 Å². The van der Waals surface area contributed by atoms with Crippen LogP contribution < -0.4 is 5.32 Å². The number of amides is 3. The lowest BCUT2D eigenvalue weighted by molar-refractivity contribution is 0.0868. The first-order chi connectivity index (χ1) is 11.6. The number of ether oxygens (including phenoxy) is 1. The Labute approximate surface area is 143 Å². The lowest BCUT2D eigenvalue weighted by Crippen LogP contribution is -2.51. The molecule has 6 nitrogen and oxygen atoms in total. The van der Waals surface area contributed by atoms with Crippen LogP contribution in [0.4, 0.5) is 15.3 Å². The van der Waals surface area contributed by atoms with Crippen LogP contribution in [0.1, 0.15) is 31.9 Å². The molecule has 0 aromatic heterocycles. The fourth-order valence-electron chi connectivity index (χ4n) is 2.90. The Kier molecular flexibility index (Phi) is 6.46. The minimum Gasteiger partial charge on any atom is -0.450 e. The molecule has 0 bridgehead atoms. The van der Waals surface area contributed by atoms with E-state index in [1.54, 1.807) is 16.7 Å². The molecule has 2 rings (SSSR count). The van der Waals surface area contributed by atoms with Gasteiger partial charge in [0.2, 0.25) is 0 Å². The number of aryl methyl sites for hydroxylation is 2. The Morgan fingerprint density at radius 1 is 1.00 bits per heavy atom. The van der Waals surface area contributed by atoms with Crippen molar-refractivity contribution in [2.45, 2.75) is 33.6 Å². The maximum absolute atomic E-state index is 12.6. The third-order valence-corrected chi connectivity index (χ3v) is 4.32. The number of carbonyl (C=O) groups is 2. The molecule has 24 heavy (non-hydrogen) atoms. The molecule has 0 radical (unpaired) electrons. The van der Waals surface area contributed by atoms with Gasteiger partial charge in [-0.1, -0.05) is 32.0 Å². The van der Waals surface area contributed by atoms with Crippen LogP contribution in [0.2, 0.25) is 0 Å². The molecule has 1 aliphatic heterocycles. The summed E-state index contributed by atoms with van der Waals surface area (Å²) < 4.78 is 5.00. The lowest BCUT2D eigenvalue weighted by atomic mass is 10.0. The minimum absolute atomic E-state index is 0.103. The van der Waals surface area contributed by atoms with E-state index in [9.17, 15) is 9.59 Å². The summed E-state index contributed by atoms with van der Waals surface area (Å²) in [7, 11) is 0. The van der Waals surface area contributed by atoms with Crippen molar-refractivity contribution in [2.75, 3.05) is 38.1 Å². The van der Waals surface area contributed by atoms with Crippen LogP contribution in [0.3, 0.4) is 0 Å². The molecule has 1 heterocycles. The molecule has 1 aromatic rings. The van der Waals surface area contributed by atoms with E-state index in [0.29, 0.717) is 32.8 Å². The summed E-state index contributed by atoms with van der Waals surface area (Å²) in [5.41, 5.74) is 3.22. The zero-order chi connectivity index (χ0) is 17.5. The second-order valence-electron chi connectivity index (χ2n) is 5.76. The Bertz CT molecular complexity index is 559. The van der Waals surface area contributed by atoms with Gasteiger partial charge < -0.3 is 19.9 Å². The smallest absolute Gasteiger partial charge is 0.409 e. The average molecular weight is 333 g/mol. The predicted octanol–water partition coefficient (Wildman–Crippen LogP) is 3.12. The molecule has 0 aliphatic carbocycles. The number of hydrogen-bond acceptors (Lipinski definition) is 3. The van der Waals surface area contributed by atoms with Crippen molar-refractivity contribution in [3.8, 4) is 0 Å². The normalized spacial score (nSPS) is 14.5. The molecule has 0 unspecified atom stereocenters. The summed E-state index contributed by atoms with van der Waals surface area (Å²) in [5.74, 6) is 0. The number of carbonyl (C=O) groups excluding carboxylic acids is 2. The number of piperazine rings is 1. The van der Waals surface area contributed by atoms with E-state index in [-0.39, 0.29) is 12.1 Å². The summed E-state index contributed by atoms with van der Waals surface area (Å²) in [4.78, 5) is 27.7. The van der Waals surface area contributed by atoms with E-state index in [1.807, 2.05) is 18.2 Å². The Balaban J connectivity index is 1.98. The first-order valence-corrected chi connectivity index (χ1v) is 8.69. The van der Waals surface area contributed by atoms with Gasteiger partial charge in [0.15, 0.2) is 0 Å². The number of urea groups is 1. The number of para-hydroxylation sites is 1. The largest absolute Gasteiger partial charge is 0.450 e. The molecule has 1 fully saturated rings. The summed E-state index contributed by atoms with van der Waals surface area (Å²) in [6.07, 6.45) is 1.45. The van der Waals surface area contributed by atoms with E-state index >= 15 is 0 Å². The maximum atomic E-state index is 12.6. The number of hydrogen-bond donors (Lipinski definition) is 1. The molecule has 1 aromatic carbocycles. The quantitative estimate of drug-likeness (QED) is 0.921. The van der Waals surface area contributed by atoms with Crippen LogP contribution >= 0.6 is 0 Å². The Hall–Kier alpha value is -2.24. The van der Waals surface area contributed by atoms with Gasteiger partial charge in [-0.3, -0.25) is 0 Å². The van der Waals surface area contributed by atoms with E-state index in [4.69, 9.17) is 4.74 Å². The fraction of sp³-hybridized carbons (Fsp3) is 0.556. The third kappa shape index (κ3) is 4.19. The van der Waals surface area contributed by atoms with Gasteiger partial charge >= 0.3 is 12.1 Å². The number of benzene rings is 1. The van der Waals surface area contributed by atoms with E-state index in [2.05, 4.69) is 19.2 Å². The maximum Gasteiger partial charge on any atom is 0.409 e. The van der Waals surface area contributed by atoms with Crippen molar-refractivity contribution in [3.63, 3.8) is 0 Å². The molecule has 1 N–H and O–H groups in total. The van der Waals surface area contributed by atoms with Crippen molar-refractivity contribution < 1.29 is 14.3 Å². The first kappa shape index (κ1) is 18.1. The van der Waals surface area contributed by atoms with Gasteiger partial charge in [0.05, 0.1) is 6.61 Å². The molecule has 1 aliphatic rings. The van der Waals surface area contributed by atoms with Crippen LogP contribution in [-0.2, 0) is 17.6 Å². The molecule has 6 heteroatoms. The van der Waals surface area contributed by atoms with Crippen LogP contribution in [-0.4, -0.2) is 54.7 Å². The summed E-state index contributed by atoms with van der Waals surface area (Å²) in [6, 6.07) is 6.03. The van der Waals surface area contributed by atoms with Crippen LogP contribution in [0.15, 0.2) is 18.2 Å².